The highest BCUT2D eigenvalue weighted by Crippen LogP contribution is 2.24. The second-order valence-electron chi connectivity index (χ2n) is 5.22. The Hall–Kier alpha value is -1.69. The third-order valence-electron chi connectivity index (χ3n) is 3.74. The summed E-state index contributed by atoms with van der Waals surface area (Å²) in [5.41, 5.74) is 0.210. The Bertz CT molecular complexity index is 545. The molecule has 2 rings (SSSR count). The summed E-state index contributed by atoms with van der Waals surface area (Å²) in [5.74, 6) is 0.287. The average Bonchev–Trinajstić information content (AvgIpc) is 2.43. The van der Waals surface area contributed by atoms with Crippen LogP contribution in [-0.4, -0.2) is 47.6 Å². The first-order chi connectivity index (χ1) is 9.52. The molecule has 1 N–H and O–H groups in total. The normalized spacial score (nSPS) is 17.1. The second kappa shape index (κ2) is 6.17. The van der Waals surface area contributed by atoms with E-state index < -0.39 is 5.97 Å². The lowest BCUT2D eigenvalue weighted by Gasteiger charge is -2.28. The number of aromatic amines is 1. The number of nitrogens with one attached hydrogen (secondary N) is 1. The van der Waals surface area contributed by atoms with E-state index in [1.807, 2.05) is 0 Å². The van der Waals surface area contributed by atoms with E-state index in [-0.39, 0.29) is 23.8 Å². The summed E-state index contributed by atoms with van der Waals surface area (Å²) in [6.45, 7) is 5.54. The van der Waals surface area contributed by atoms with Crippen LogP contribution in [0.25, 0.3) is 0 Å². The number of carbonyl (C=O) groups excluding carboxylic acids is 1. The zero-order valence-corrected chi connectivity index (χ0v) is 12.2. The van der Waals surface area contributed by atoms with Gasteiger partial charge in [0.2, 0.25) is 0 Å². The van der Waals surface area contributed by atoms with Gasteiger partial charge < -0.3 is 14.6 Å². The zero-order chi connectivity index (χ0) is 14.7. The molecule has 1 saturated heterocycles. The van der Waals surface area contributed by atoms with Crippen molar-refractivity contribution in [3.8, 4) is 0 Å². The minimum absolute atomic E-state index is 0.143. The molecular formula is C14H21N3O3. The first kappa shape index (κ1) is 14.7. The topological polar surface area (TPSA) is 75.3 Å². The van der Waals surface area contributed by atoms with Crippen LogP contribution in [0.3, 0.4) is 0 Å². The van der Waals surface area contributed by atoms with Crippen LogP contribution >= 0.6 is 0 Å². The van der Waals surface area contributed by atoms with Crippen LogP contribution in [0.1, 0.15) is 47.6 Å². The molecule has 0 amide bonds. The molecule has 0 bridgehead atoms. The number of ether oxygens (including phenoxy) is 1. The smallest absolute Gasteiger partial charge is 0.357 e. The van der Waals surface area contributed by atoms with Gasteiger partial charge >= 0.3 is 5.97 Å². The standard InChI is InChI=1S/C14H21N3O3/c1-4-20-14(19)11-9(2)13(18)16-12(15-11)10-5-7-17(3)8-6-10/h10H,4-8H2,1-3H3,(H,15,16,18). The van der Waals surface area contributed by atoms with Crippen molar-refractivity contribution in [1.82, 2.24) is 14.9 Å². The molecule has 1 aromatic heterocycles. The Labute approximate surface area is 118 Å². The van der Waals surface area contributed by atoms with E-state index >= 15 is 0 Å². The molecule has 1 aromatic rings. The van der Waals surface area contributed by atoms with Crippen molar-refractivity contribution in [3.63, 3.8) is 0 Å². The van der Waals surface area contributed by atoms with Crippen LogP contribution < -0.4 is 5.56 Å². The molecule has 6 heteroatoms. The predicted octanol–water partition coefficient (Wildman–Crippen LogP) is 1.06. The van der Waals surface area contributed by atoms with Gasteiger partial charge in [0.1, 0.15) is 5.82 Å². The summed E-state index contributed by atoms with van der Waals surface area (Å²) in [5, 5.41) is 0. The maximum Gasteiger partial charge on any atom is 0.357 e. The van der Waals surface area contributed by atoms with Crippen molar-refractivity contribution in [1.29, 1.82) is 0 Å². The molecule has 0 saturated carbocycles. The van der Waals surface area contributed by atoms with E-state index in [1.54, 1.807) is 13.8 Å². The van der Waals surface area contributed by atoms with Gasteiger partial charge in [-0.3, -0.25) is 4.79 Å². The molecule has 0 aliphatic carbocycles. The minimum Gasteiger partial charge on any atom is -0.461 e. The first-order valence-electron chi connectivity index (χ1n) is 6.99. The van der Waals surface area contributed by atoms with E-state index in [1.165, 1.54) is 0 Å². The van der Waals surface area contributed by atoms with Gasteiger partial charge in [0.15, 0.2) is 5.69 Å². The minimum atomic E-state index is -0.523. The van der Waals surface area contributed by atoms with Crippen LogP contribution in [0.2, 0.25) is 0 Å². The number of carbonyl (C=O) groups is 1. The molecule has 1 aliphatic heterocycles. The van der Waals surface area contributed by atoms with Crippen LogP contribution in [-0.2, 0) is 4.74 Å². The number of esters is 1. The third-order valence-corrected chi connectivity index (χ3v) is 3.74. The van der Waals surface area contributed by atoms with E-state index in [2.05, 4.69) is 21.9 Å². The van der Waals surface area contributed by atoms with Crippen molar-refractivity contribution in [2.45, 2.75) is 32.6 Å². The van der Waals surface area contributed by atoms with Crippen LogP contribution in [0.4, 0.5) is 0 Å². The lowest BCUT2D eigenvalue weighted by atomic mass is 9.96. The maximum atomic E-state index is 12.0. The highest BCUT2D eigenvalue weighted by Gasteiger charge is 2.23. The number of likely N-dealkylation sites (tertiary alicyclic amines) is 1. The van der Waals surface area contributed by atoms with E-state index in [9.17, 15) is 9.59 Å². The molecule has 0 unspecified atom stereocenters. The number of H-pyrrole nitrogens is 1. The highest BCUT2D eigenvalue weighted by molar-refractivity contribution is 5.88. The average molecular weight is 279 g/mol. The van der Waals surface area contributed by atoms with Gasteiger partial charge in [-0.05, 0) is 46.8 Å². The quantitative estimate of drug-likeness (QED) is 0.837. The van der Waals surface area contributed by atoms with E-state index in [0.29, 0.717) is 11.4 Å². The molecule has 0 atom stereocenters. The number of piperidine rings is 1. The molecule has 110 valence electrons. The molecule has 6 nitrogen and oxygen atoms in total. The lowest BCUT2D eigenvalue weighted by molar-refractivity contribution is 0.0517. The molecule has 0 radical (unpaired) electrons. The highest BCUT2D eigenvalue weighted by atomic mass is 16.5. The number of hydrogen-bond acceptors (Lipinski definition) is 5. The fourth-order valence-electron chi connectivity index (χ4n) is 2.42. The van der Waals surface area contributed by atoms with E-state index in [4.69, 9.17) is 4.74 Å². The fourth-order valence-corrected chi connectivity index (χ4v) is 2.42. The van der Waals surface area contributed by atoms with Gasteiger partial charge in [-0.15, -0.1) is 0 Å². The summed E-state index contributed by atoms with van der Waals surface area (Å²) in [6.07, 6.45) is 1.87. The molecule has 0 spiro atoms. The van der Waals surface area contributed by atoms with Gasteiger partial charge in [-0.1, -0.05) is 0 Å². The molecule has 20 heavy (non-hydrogen) atoms. The summed E-state index contributed by atoms with van der Waals surface area (Å²) >= 11 is 0. The van der Waals surface area contributed by atoms with Crippen molar-refractivity contribution in [2.24, 2.45) is 0 Å². The monoisotopic (exact) mass is 279 g/mol. The Morgan fingerprint density at radius 3 is 2.70 bits per heavy atom. The maximum absolute atomic E-state index is 12.0. The molecular weight excluding hydrogens is 258 g/mol. The van der Waals surface area contributed by atoms with E-state index in [0.717, 1.165) is 25.9 Å². The summed E-state index contributed by atoms with van der Waals surface area (Å²) < 4.78 is 4.96. The van der Waals surface area contributed by atoms with Crippen LogP contribution in [0.5, 0.6) is 0 Å². The first-order valence-corrected chi connectivity index (χ1v) is 6.99. The Morgan fingerprint density at radius 1 is 1.45 bits per heavy atom. The van der Waals surface area contributed by atoms with Gasteiger partial charge in [0.25, 0.3) is 5.56 Å². The molecule has 1 fully saturated rings. The van der Waals surface area contributed by atoms with Gasteiger partial charge in [-0.25, -0.2) is 9.78 Å². The fraction of sp³-hybridized carbons (Fsp3) is 0.643. The third kappa shape index (κ3) is 3.07. The van der Waals surface area contributed by atoms with Crippen molar-refractivity contribution in [2.75, 3.05) is 26.7 Å². The molecule has 2 heterocycles. The van der Waals surface area contributed by atoms with Crippen molar-refractivity contribution < 1.29 is 9.53 Å². The largest absolute Gasteiger partial charge is 0.461 e. The van der Waals surface area contributed by atoms with Gasteiger partial charge in [0, 0.05) is 11.5 Å². The Kier molecular flexibility index (Phi) is 4.54. The number of hydrogen-bond donors (Lipinski definition) is 1. The van der Waals surface area contributed by atoms with Crippen LogP contribution in [0.15, 0.2) is 4.79 Å². The predicted molar refractivity (Wildman–Crippen MR) is 75.0 cm³/mol. The SMILES string of the molecule is CCOC(=O)c1nc(C2CCN(C)CC2)[nH]c(=O)c1C. The summed E-state index contributed by atoms with van der Waals surface area (Å²) in [4.78, 5) is 33.2. The molecule has 0 aromatic carbocycles. The number of nitrogens with zero attached hydrogens (tertiary/aromatic N) is 2. The Morgan fingerprint density at radius 2 is 2.10 bits per heavy atom. The molecule has 1 aliphatic rings. The zero-order valence-electron chi connectivity index (χ0n) is 12.2. The van der Waals surface area contributed by atoms with Gasteiger partial charge in [0.05, 0.1) is 6.61 Å². The number of aromatic nitrogens is 2. The van der Waals surface area contributed by atoms with Gasteiger partial charge in [-0.2, -0.15) is 0 Å². The summed E-state index contributed by atoms with van der Waals surface area (Å²) in [7, 11) is 2.07. The van der Waals surface area contributed by atoms with Crippen molar-refractivity contribution in [3.05, 3.63) is 27.4 Å². The lowest BCUT2D eigenvalue weighted by Crippen LogP contribution is -2.31. The Balaban J connectivity index is 2.31. The summed E-state index contributed by atoms with van der Waals surface area (Å²) in [6, 6.07) is 0. The van der Waals surface area contributed by atoms with Crippen LogP contribution in [0, 0.1) is 6.92 Å². The number of rotatable bonds is 3. The second-order valence-corrected chi connectivity index (χ2v) is 5.22. The van der Waals surface area contributed by atoms with Crippen molar-refractivity contribution >= 4 is 5.97 Å².